The third-order valence-corrected chi connectivity index (χ3v) is 10.0. The number of amides is 2. The van der Waals surface area contributed by atoms with Gasteiger partial charge >= 0.3 is 18.0 Å². The summed E-state index contributed by atoms with van der Waals surface area (Å²) in [6.45, 7) is 7.72. The predicted molar refractivity (Wildman–Crippen MR) is 162 cm³/mol. The number of rotatable bonds is 7. The molecule has 250 valence electrons. The summed E-state index contributed by atoms with van der Waals surface area (Å²) in [5.74, 6) is -1.43. The van der Waals surface area contributed by atoms with Crippen molar-refractivity contribution in [3.8, 4) is 11.5 Å². The smallest absolute Gasteiger partial charge is 0.410 e. The molecule has 0 saturated carbocycles. The van der Waals surface area contributed by atoms with Crippen molar-refractivity contribution in [2.75, 3.05) is 26.7 Å². The molecule has 3 aliphatic heterocycles. The van der Waals surface area contributed by atoms with Crippen LogP contribution in [0.15, 0.2) is 24.0 Å². The first-order chi connectivity index (χ1) is 21.7. The van der Waals surface area contributed by atoms with Gasteiger partial charge in [-0.15, -0.1) is 0 Å². The molecule has 3 N–H and O–H groups in total. The van der Waals surface area contributed by atoms with E-state index in [-0.39, 0.29) is 36.9 Å². The van der Waals surface area contributed by atoms with E-state index in [2.05, 4.69) is 10.2 Å². The fourth-order valence-electron chi connectivity index (χ4n) is 7.92. The van der Waals surface area contributed by atoms with Gasteiger partial charge in [0.05, 0.1) is 17.4 Å². The van der Waals surface area contributed by atoms with Gasteiger partial charge < -0.3 is 39.4 Å². The highest BCUT2D eigenvalue weighted by Gasteiger charge is 2.72. The molecule has 46 heavy (non-hydrogen) atoms. The van der Waals surface area contributed by atoms with Gasteiger partial charge in [-0.2, -0.15) is 0 Å². The number of hydrogen-bond donors (Lipinski definition) is 3. The summed E-state index contributed by atoms with van der Waals surface area (Å²) in [7, 11) is 1.99. The monoisotopic (exact) mass is 641 g/mol. The van der Waals surface area contributed by atoms with Gasteiger partial charge in [0, 0.05) is 31.1 Å². The van der Waals surface area contributed by atoms with Crippen molar-refractivity contribution in [2.45, 2.75) is 107 Å². The second-order valence-electron chi connectivity index (χ2n) is 14.0. The van der Waals surface area contributed by atoms with E-state index in [4.69, 9.17) is 18.9 Å². The van der Waals surface area contributed by atoms with Gasteiger partial charge in [-0.3, -0.25) is 14.5 Å². The Bertz CT molecular complexity index is 1490. The maximum absolute atomic E-state index is 13.2. The van der Waals surface area contributed by atoms with Crippen LogP contribution in [0.5, 0.6) is 11.5 Å². The van der Waals surface area contributed by atoms with E-state index in [1.165, 1.54) is 11.8 Å². The molecule has 2 amide bonds. The van der Waals surface area contributed by atoms with Crippen LogP contribution in [0.2, 0.25) is 0 Å². The number of ether oxygens (including phenoxy) is 4. The van der Waals surface area contributed by atoms with Crippen LogP contribution in [0, 0.1) is 0 Å². The number of nitrogens with one attached hydrogen (secondary N) is 1. The molecule has 6 rings (SSSR count). The van der Waals surface area contributed by atoms with Crippen LogP contribution in [0.3, 0.4) is 0 Å². The van der Waals surface area contributed by atoms with Crippen molar-refractivity contribution in [1.29, 1.82) is 0 Å². The first kappa shape index (κ1) is 32.1. The van der Waals surface area contributed by atoms with Crippen molar-refractivity contribution in [3.63, 3.8) is 0 Å². The average Bonchev–Trinajstić information content (AvgIpc) is 3.60. The molecule has 0 radical (unpaired) electrons. The zero-order valence-electron chi connectivity index (χ0n) is 27.0. The molecular formula is C33H43N3O10. The highest BCUT2D eigenvalue weighted by Crippen LogP contribution is 2.65. The average molecular weight is 642 g/mol. The number of esters is 2. The molecule has 0 aromatic heterocycles. The van der Waals surface area contributed by atoms with Crippen molar-refractivity contribution < 1.29 is 48.3 Å². The minimum absolute atomic E-state index is 0.0344. The lowest BCUT2D eigenvalue weighted by Crippen LogP contribution is -2.74. The third-order valence-electron chi connectivity index (χ3n) is 10.0. The summed E-state index contributed by atoms with van der Waals surface area (Å²) >= 11 is 0. The molecule has 6 atom stereocenters. The number of hydrogen-bond acceptors (Lipinski definition) is 11. The maximum atomic E-state index is 13.2. The molecular weight excluding hydrogens is 598 g/mol. The summed E-state index contributed by atoms with van der Waals surface area (Å²) < 4.78 is 22.8. The zero-order chi connectivity index (χ0) is 33.2. The van der Waals surface area contributed by atoms with E-state index in [0.717, 1.165) is 11.1 Å². The van der Waals surface area contributed by atoms with E-state index >= 15 is 0 Å². The topological polar surface area (TPSA) is 164 Å². The maximum Gasteiger partial charge on any atom is 0.410 e. The molecule has 2 fully saturated rings. The molecule has 3 heterocycles. The summed E-state index contributed by atoms with van der Waals surface area (Å²) in [6, 6.07) is 2.59. The van der Waals surface area contributed by atoms with Crippen LogP contribution in [0.1, 0.15) is 70.9 Å². The van der Waals surface area contributed by atoms with Gasteiger partial charge in [-0.25, -0.2) is 9.59 Å². The fraction of sp³-hybridized carbons (Fsp3) is 0.636. The Labute approximate surface area is 267 Å². The Morgan fingerprint density at radius 1 is 1.20 bits per heavy atom. The number of nitrogens with zero attached hydrogens (tertiary/aromatic N) is 2. The van der Waals surface area contributed by atoms with Crippen LogP contribution < -0.4 is 10.1 Å². The lowest BCUT2D eigenvalue weighted by molar-refractivity contribution is -0.175. The number of likely N-dealkylation sites (N-methyl/N-ethyl adjacent to an activating group) is 1. The minimum Gasteiger partial charge on any atom is -0.504 e. The highest BCUT2D eigenvalue weighted by atomic mass is 16.6. The first-order valence-electron chi connectivity index (χ1n) is 16.0. The lowest BCUT2D eigenvalue weighted by atomic mass is 9.50. The van der Waals surface area contributed by atoms with Crippen LogP contribution in [-0.2, 0) is 40.4 Å². The predicted octanol–water partition coefficient (Wildman–Crippen LogP) is 2.05. The standard InChI is InChI=1S/C33H43N3O10/c1-18(43-24(38)11-14-34-28(39)20-7-6-15-36(20)30(41)46-31(2,3)4)29(40)44-22-10-12-33(42)23-17-19-8-9-21(37)26-25(19)32(33,27(22)45-26)13-16-35(23)5/h8-10,18,20,23,27,37,42H,6-7,11-17H2,1-5H3,(H,34,39)/t18-,20-,23-,27-,32-,33+/m0/s1. The SMILES string of the molecule is C[C@H](OC(=O)CCNC(=O)[C@@H]1CCCN1C(=O)OC(C)(C)C)C(=O)OC1=CC[C@@]2(O)[C@@H]3Cc4ccc(O)c5c4[C@@]2(CCN3C)[C@H]1O5. The normalized spacial score (nSPS) is 30.0. The Morgan fingerprint density at radius 3 is 2.70 bits per heavy atom. The molecule has 0 unspecified atom stereocenters. The van der Waals surface area contributed by atoms with Crippen LogP contribution in [-0.4, -0.2) is 106 Å². The van der Waals surface area contributed by atoms with Crippen LogP contribution in [0.4, 0.5) is 4.79 Å². The number of phenolic OH excluding ortho intramolecular Hbond substituents is 1. The number of carbonyl (C=O) groups is 4. The second kappa shape index (κ2) is 11.4. The van der Waals surface area contributed by atoms with Gasteiger partial charge in [0.1, 0.15) is 17.4 Å². The lowest BCUT2D eigenvalue weighted by Gasteiger charge is -2.61. The van der Waals surface area contributed by atoms with Gasteiger partial charge in [0.15, 0.2) is 23.7 Å². The quantitative estimate of drug-likeness (QED) is 0.295. The van der Waals surface area contributed by atoms with E-state index < -0.39 is 58.8 Å². The number of benzene rings is 1. The Hall–Kier alpha value is -3.84. The minimum atomic E-state index is -1.26. The number of aromatic hydroxyl groups is 1. The highest BCUT2D eigenvalue weighted by molar-refractivity contribution is 5.86. The molecule has 1 aromatic carbocycles. The summed E-state index contributed by atoms with van der Waals surface area (Å²) in [5.41, 5.74) is -1.03. The Morgan fingerprint density at radius 2 is 1.96 bits per heavy atom. The molecule has 2 saturated heterocycles. The fourth-order valence-corrected chi connectivity index (χ4v) is 7.92. The third kappa shape index (κ3) is 5.17. The van der Waals surface area contributed by atoms with Gasteiger partial charge in [0.25, 0.3) is 0 Å². The van der Waals surface area contributed by atoms with E-state index in [9.17, 15) is 29.4 Å². The number of likely N-dealkylation sites (tertiary alicyclic amines) is 2. The molecule has 2 bridgehead atoms. The van der Waals surface area contributed by atoms with Gasteiger partial charge in [0.2, 0.25) is 5.91 Å². The van der Waals surface area contributed by atoms with Crippen molar-refractivity contribution >= 4 is 23.9 Å². The molecule has 5 aliphatic rings. The van der Waals surface area contributed by atoms with E-state index in [0.29, 0.717) is 44.5 Å². The summed E-state index contributed by atoms with van der Waals surface area (Å²) in [5, 5.41) is 25.6. The molecule has 13 nitrogen and oxygen atoms in total. The molecule has 1 aromatic rings. The van der Waals surface area contributed by atoms with Crippen LogP contribution in [0.25, 0.3) is 0 Å². The van der Waals surface area contributed by atoms with Crippen molar-refractivity contribution in [3.05, 3.63) is 35.1 Å². The van der Waals surface area contributed by atoms with E-state index in [1.54, 1.807) is 32.9 Å². The second-order valence-corrected chi connectivity index (χ2v) is 14.0. The Balaban J connectivity index is 1.05. The van der Waals surface area contributed by atoms with Crippen molar-refractivity contribution in [1.82, 2.24) is 15.1 Å². The number of piperidine rings is 1. The first-order valence-corrected chi connectivity index (χ1v) is 16.0. The number of phenols is 1. The largest absolute Gasteiger partial charge is 0.504 e. The van der Waals surface area contributed by atoms with Crippen LogP contribution >= 0.6 is 0 Å². The Kier molecular flexibility index (Phi) is 7.99. The van der Waals surface area contributed by atoms with E-state index in [1.807, 2.05) is 13.1 Å². The number of aliphatic hydroxyl groups is 1. The molecule has 13 heteroatoms. The zero-order valence-corrected chi connectivity index (χ0v) is 27.0. The summed E-state index contributed by atoms with van der Waals surface area (Å²) in [6.07, 6.45) is 1.31. The van der Waals surface area contributed by atoms with Gasteiger partial charge in [-0.1, -0.05) is 6.07 Å². The summed E-state index contributed by atoms with van der Waals surface area (Å²) in [4.78, 5) is 54.6. The van der Waals surface area contributed by atoms with Gasteiger partial charge in [-0.05, 0) is 84.7 Å². The number of carbonyl (C=O) groups excluding carboxylic acids is 4. The van der Waals surface area contributed by atoms with Crippen molar-refractivity contribution in [2.24, 2.45) is 0 Å². The molecule has 1 spiro atoms. The molecule has 2 aliphatic carbocycles.